The Morgan fingerprint density at radius 3 is 2.81 bits per heavy atom. The molecule has 1 aliphatic heterocycles. The fourth-order valence-electron chi connectivity index (χ4n) is 2.34. The largest absolute Gasteiger partial charge is 0.479 e. The van der Waals surface area contributed by atoms with Crippen LogP contribution >= 0.6 is 15.9 Å². The SMILES string of the molecule is CC1Oc2ccccc2N(Cc2ccc(F)c(Br)c2)C1=O. The van der Waals surface area contributed by atoms with Gasteiger partial charge >= 0.3 is 0 Å². The number of hydrogen-bond donors (Lipinski definition) is 0. The standard InChI is InChI=1S/C16H13BrFNO2/c1-10-16(20)19(14-4-2-3-5-15(14)21-10)9-11-6-7-13(18)12(17)8-11/h2-8,10H,9H2,1H3. The van der Waals surface area contributed by atoms with Crippen molar-refractivity contribution in [1.82, 2.24) is 0 Å². The van der Waals surface area contributed by atoms with Gasteiger partial charge in [0.05, 0.1) is 16.7 Å². The van der Waals surface area contributed by atoms with E-state index in [1.807, 2.05) is 24.3 Å². The Hall–Kier alpha value is -1.88. The lowest BCUT2D eigenvalue weighted by molar-refractivity contribution is -0.125. The van der Waals surface area contributed by atoms with Crippen molar-refractivity contribution in [1.29, 1.82) is 0 Å². The minimum Gasteiger partial charge on any atom is -0.479 e. The van der Waals surface area contributed by atoms with E-state index in [0.717, 1.165) is 11.3 Å². The Morgan fingerprint density at radius 1 is 1.29 bits per heavy atom. The molecular weight excluding hydrogens is 337 g/mol. The van der Waals surface area contributed by atoms with Crippen LogP contribution in [0.5, 0.6) is 5.75 Å². The van der Waals surface area contributed by atoms with E-state index in [9.17, 15) is 9.18 Å². The predicted octanol–water partition coefficient (Wildman–Crippen LogP) is 3.90. The molecule has 1 amide bonds. The Bertz CT molecular complexity index is 704. The highest BCUT2D eigenvalue weighted by molar-refractivity contribution is 9.10. The first-order valence-electron chi connectivity index (χ1n) is 6.57. The van der Waals surface area contributed by atoms with Gasteiger partial charge in [-0.15, -0.1) is 0 Å². The summed E-state index contributed by atoms with van der Waals surface area (Å²) in [5.41, 5.74) is 1.58. The molecule has 1 heterocycles. The number of carbonyl (C=O) groups is 1. The fourth-order valence-corrected chi connectivity index (χ4v) is 2.77. The lowest BCUT2D eigenvalue weighted by Crippen LogP contribution is -2.43. The molecule has 3 nitrogen and oxygen atoms in total. The van der Waals surface area contributed by atoms with E-state index in [1.165, 1.54) is 6.07 Å². The molecule has 3 rings (SSSR count). The van der Waals surface area contributed by atoms with Crippen molar-refractivity contribution in [3.8, 4) is 5.75 Å². The number of anilines is 1. The third-order valence-electron chi connectivity index (χ3n) is 3.40. The Kier molecular flexibility index (Phi) is 3.68. The van der Waals surface area contributed by atoms with E-state index >= 15 is 0 Å². The molecule has 0 radical (unpaired) electrons. The van der Waals surface area contributed by atoms with Crippen molar-refractivity contribution < 1.29 is 13.9 Å². The molecule has 1 aliphatic rings. The van der Waals surface area contributed by atoms with Crippen LogP contribution in [0.25, 0.3) is 0 Å². The second kappa shape index (κ2) is 5.48. The van der Waals surface area contributed by atoms with Gasteiger partial charge in [0.15, 0.2) is 6.10 Å². The summed E-state index contributed by atoms with van der Waals surface area (Å²) in [7, 11) is 0. The van der Waals surface area contributed by atoms with Gasteiger partial charge in [-0.25, -0.2) is 4.39 Å². The molecule has 1 atom stereocenters. The second-order valence-electron chi connectivity index (χ2n) is 4.90. The number of benzene rings is 2. The Balaban J connectivity index is 1.96. The van der Waals surface area contributed by atoms with Crippen LogP contribution in [0, 0.1) is 5.82 Å². The molecule has 0 aromatic heterocycles. The van der Waals surface area contributed by atoms with E-state index in [4.69, 9.17) is 4.74 Å². The van der Waals surface area contributed by atoms with Crippen LogP contribution in [0.1, 0.15) is 12.5 Å². The van der Waals surface area contributed by atoms with Crippen molar-refractivity contribution in [3.63, 3.8) is 0 Å². The predicted molar refractivity (Wildman–Crippen MR) is 81.8 cm³/mol. The molecule has 2 aromatic rings. The number of ether oxygens (including phenoxy) is 1. The van der Waals surface area contributed by atoms with Gasteiger partial charge in [-0.1, -0.05) is 18.2 Å². The van der Waals surface area contributed by atoms with Gasteiger partial charge < -0.3 is 9.64 Å². The molecular formula is C16H13BrFNO2. The normalized spacial score (nSPS) is 17.4. The van der Waals surface area contributed by atoms with Gasteiger partial charge in [-0.2, -0.15) is 0 Å². The smallest absolute Gasteiger partial charge is 0.268 e. The lowest BCUT2D eigenvalue weighted by Gasteiger charge is -2.33. The molecule has 0 saturated heterocycles. The second-order valence-corrected chi connectivity index (χ2v) is 5.75. The summed E-state index contributed by atoms with van der Waals surface area (Å²) in [4.78, 5) is 14.0. The minimum atomic E-state index is -0.524. The first-order valence-corrected chi connectivity index (χ1v) is 7.36. The molecule has 0 bridgehead atoms. The fraction of sp³-hybridized carbons (Fsp3) is 0.188. The van der Waals surface area contributed by atoms with E-state index in [2.05, 4.69) is 15.9 Å². The van der Waals surface area contributed by atoms with Crippen molar-refractivity contribution in [2.75, 3.05) is 4.90 Å². The first-order chi connectivity index (χ1) is 10.1. The first kappa shape index (κ1) is 14.1. The van der Waals surface area contributed by atoms with Crippen LogP contribution in [0.4, 0.5) is 10.1 Å². The van der Waals surface area contributed by atoms with Crippen LogP contribution in [0.15, 0.2) is 46.9 Å². The highest BCUT2D eigenvalue weighted by atomic mass is 79.9. The van der Waals surface area contributed by atoms with Crippen molar-refractivity contribution in [3.05, 3.63) is 58.3 Å². The molecule has 0 aliphatic carbocycles. The summed E-state index contributed by atoms with van der Waals surface area (Å²) in [6, 6.07) is 12.2. The molecule has 0 saturated carbocycles. The van der Waals surface area contributed by atoms with Crippen molar-refractivity contribution in [2.45, 2.75) is 19.6 Å². The van der Waals surface area contributed by atoms with Crippen LogP contribution in [0.2, 0.25) is 0 Å². The van der Waals surface area contributed by atoms with Crippen LogP contribution in [-0.4, -0.2) is 12.0 Å². The average Bonchev–Trinajstić information content (AvgIpc) is 2.47. The third kappa shape index (κ3) is 2.65. The van der Waals surface area contributed by atoms with E-state index < -0.39 is 6.10 Å². The number of hydrogen-bond acceptors (Lipinski definition) is 2. The summed E-state index contributed by atoms with van der Waals surface area (Å²) in [6.07, 6.45) is -0.524. The summed E-state index contributed by atoms with van der Waals surface area (Å²) >= 11 is 3.17. The number of nitrogens with zero attached hydrogens (tertiary/aromatic N) is 1. The van der Waals surface area contributed by atoms with Gasteiger partial charge in [0.2, 0.25) is 0 Å². The van der Waals surface area contributed by atoms with Gasteiger partial charge in [0.1, 0.15) is 11.6 Å². The van der Waals surface area contributed by atoms with Gasteiger partial charge in [0.25, 0.3) is 5.91 Å². The van der Waals surface area contributed by atoms with Gasteiger partial charge in [0, 0.05) is 0 Å². The highest BCUT2D eigenvalue weighted by Gasteiger charge is 2.31. The summed E-state index contributed by atoms with van der Waals surface area (Å²) in [5.74, 6) is 0.265. The lowest BCUT2D eigenvalue weighted by atomic mass is 10.1. The average molecular weight is 350 g/mol. The molecule has 1 unspecified atom stereocenters. The number of amides is 1. The number of carbonyl (C=O) groups excluding carboxylic acids is 1. The van der Waals surface area contributed by atoms with E-state index in [1.54, 1.807) is 24.0 Å². The molecule has 108 valence electrons. The molecule has 5 heteroatoms. The molecule has 2 aromatic carbocycles. The zero-order valence-corrected chi connectivity index (χ0v) is 12.9. The molecule has 0 spiro atoms. The third-order valence-corrected chi connectivity index (χ3v) is 4.01. The number of rotatable bonds is 2. The Morgan fingerprint density at radius 2 is 2.05 bits per heavy atom. The van der Waals surface area contributed by atoms with Crippen molar-refractivity contribution in [2.24, 2.45) is 0 Å². The molecule has 0 N–H and O–H groups in total. The van der Waals surface area contributed by atoms with Crippen LogP contribution in [-0.2, 0) is 11.3 Å². The maximum Gasteiger partial charge on any atom is 0.268 e. The maximum atomic E-state index is 13.3. The van der Waals surface area contributed by atoms with E-state index in [-0.39, 0.29) is 11.7 Å². The summed E-state index contributed by atoms with van der Waals surface area (Å²) < 4.78 is 19.3. The number of halogens is 2. The van der Waals surface area contributed by atoms with Gasteiger partial charge in [-0.05, 0) is 52.7 Å². The van der Waals surface area contributed by atoms with Crippen LogP contribution < -0.4 is 9.64 Å². The molecule has 21 heavy (non-hydrogen) atoms. The highest BCUT2D eigenvalue weighted by Crippen LogP contribution is 2.34. The summed E-state index contributed by atoms with van der Waals surface area (Å²) in [6.45, 7) is 2.11. The molecule has 0 fully saturated rings. The van der Waals surface area contributed by atoms with Crippen molar-refractivity contribution >= 4 is 27.5 Å². The number of para-hydroxylation sites is 2. The summed E-state index contributed by atoms with van der Waals surface area (Å²) in [5, 5.41) is 0. The quantitative estimate of drug-likeness (QED) is 0.822. The van der Waals surface area contributed by atoms with Gasteiger partial charge in [-0.3, -0.25) is 4.79 Å². The van der Waals surface area contributed by atoms with E-state index in [0.29, 0.717) is 16.8 Å². The topological polar surface area (TPSA) is 29.5 Å². The zero-order valence-electron chi connectivity index (χ0n) is 11.3. The van der Waals surface area contributed by atoms with Crippen LogP contribution in [0.3, 0.4) is 0 Å². The monoisotopic (exact) mass is 349 g/mol. The number of fused-ring (bicyclic) bond motifs is 1. The minimum absolute atomic E-state index is 0.103. The zero-order chi connectivity index (χ0) is 15.0. The maximum absolute atomic E-state index is 13.3. The Labute approximate surface area is 130 Å².